The van der Waals surface area contributed by atoms with Gasteiger partial charge in [-0.3, -0.25) is 9.69 Å². The number of nitrogens with zero attached hydrogens (tertiary/aromatic N) is 1. The Kier molecular flexibility index (Phi) is 4.70. The third kappa shape index (κ3) is 4.62. The molecule has 2 N–H and O–H groups in total. The Morgan fingerprint density at radius 1 is 1.56 bits per heavy atom. The van der Waals surface area contributed by atoms with Crippen molar-refractivity contribution in [1.82, 2.24) is 10.2 Å². The fourth-order valence-corrected chi connectivity index (χ4v) is 2.41. The van der Waals surface area contributed by atoms with Gasteiger partial charge in [-0.15, -0.1) is 0 Å². The zero-order valence-corrected chi connectivity index (χ0v) is 11.4. The summed E-state index contributed by atoms with van der Waals surface area (Å²) in [5.74, 6) is -1.34. The van der Waals surface area contributed by atoms with E-state index in [1.165, 1.54) is 6.92 Å². The molecule has 6 heteroatoms. The topological polar surface area (TPSA) is 78.9 Å². The first kappa shape index (κ1) is 14.9. The number of carbonyl (C=O) groups excluding carboxylic acids is 1. The number of hydrogen-bond donors (Lipinski definition) is 2. The molecule has 1 amide bonds. The number of ether oxygens (including phenoxy) is 1. The minimum absolute atomic E-state index is 0.0560. The molecule has 0 saturated carbocycles. The van der Waals surface area contributed by atoms with E-state index in [-0.39, 0.29) is 17.6 Å². The minimum atomic E-state index is -1.01. The molecule has 0 aromatic rings. The number of amides is 1. The Hall–Kier alpha value is -1.14. The van der Waals surface area contributed by atoms with Crippen LogP contribution in [0.3, 0.4) is 0 Å². The van der Waals surface area contributed by atoms with Gasteiger partial charge >= 0.3 is 5.97 Å². The molecule has 1 saturated heterocycles. The highest BCUT2D eigenvalue weighted by Gasteiger charge is 2.33. The lowest BCUT2D eigenvalue weighted by atomic mass is 10.0. The SMILES string of the molecule is CC(=O)NC(CN1CC(C)OC(C)(C)C1)C(=O)O. The summed E-state index contributed by atoms with van der Waals surface area (Å²) >= 11 is 0. The average molecular weight is 258 g/mol. The van der Waals surface area contributed by atoms with Gasteiger partial charge in [0.25, 0.3) is 0 Å². The highest BCUT2D eigenvalue weighted by atomic mass is 16.5. The summed E-state index contributed by atoms with van der Waals surface area (Å²) in [5.41, 5.74) is -0.295. The number of carboxylic acids is 1. The van der Waals surface area contributed by atoms with Crippen LogP contribution in [0, 0.1) is 0 Å². The first-order valence-corrected chi connectivity index (χ1v) is 6.10. The summed E-state index contributed by atoms with van der Waals surface area (Å²) in [5, 5.41) is 11.5. The highest BCUT2D eigenvalue weighted by Crippen LogP contribution is 2.20. The molecule has 104 valence electrons. The summed E-state index contributed by atoms with van der Waals surface area (Å²) in [7, 11) is 0. The molecule has 0 radical (unpaired) electrons. The van der Waals surface area contributed by atoms with Gasteiger partial charge in [-0.05, 0) is 20.8 Å². The molecule has 0 bridgehead atoms. The van der Waals surface area contributed by atoms with Crippen LogP contribution in [0.25, 0.3) is 0 Å². The molecule has 1 aliphatic rings. The molecular weight excluding hydrogens is 236 g/mol. The highest BCUT2D eigenvalue weighted by molar-refractivity contribution is 5.82. The van der Waals surface area contributed by atoms with Crippen molar-refractivity contribution in [3.05, 3.63) is 0 Å². The molecular formula is C12H22N2O4. The van der Waals surface area contributed by atoms with Crippen molar-refractivity contribution < 1.29 is 19.4 Å². The molecule has 0 aromatic heterocycles. The lowest BCUT2D eigenvalue weighted by Crippen LogP contribution is -2.56. The number of morpholine rings is 1. The number of nitrogens with one attached hydrogen (secondary N) is 1. The number of hydrogen-bond acceptors (Lipinski definition) is 4. The quantitative estimate of drug-likeness (QED) is 0.746. The zero-order chi connectivity index (χ0) is 13.9. The minimum Gasteiger partial charge on any atom is -0.480 e. The van der Waals surface area contributed by atoms with E-state index < -0.39 is 12.0 Å². The Balaban J connectivity index is 2.63. The van der Waals surface area contributed by atoms with Crippen LogP contribution in [0.15, 0.2) is 0 Å². The fourth-order valence-electron chi connectivity index (χ4n) is 2.41. The van der Waals surface area contributed by atoms with Crippen molar-refractivity contribution in [2.45, 2.75) is 45.4 Å². The molecule has 2 atom stereocenters. The van der Waals surface area contributed by atoms with Crippen LogP contribution in [0.1, 0.15) is 27.7 Å². The summed E-state index contributed by atoms with van der Waals surface area (Å²) < 4.78 is 5.75. The lowest BCUT2D eigenvalue weighted by molar-refractivity contribution is -0.147. The van der Waals surface area contributed by atoms with Crippen molar-refractivity contribution in [1.29, 1.82) is 0 Å². The maximum absolute atomic E-state index is 11.1. The van der Waals surface area contributed by atoms with Gasteiger partial charge in [-0.25, -0.2) is 4.79 Å². The number of carboxylic acid groups (broad SMARTS) is 1. The monoisotopic (exact) mass is 258 g/mol. The summed E-state index contributed by atoms with van der Waals surface area (Å²) in [6, 6.07) is -0.872. The van der Waals surface area contributed by atoms with Crippen LogP contribution in [0.4, 0.5) is 0 Å². The van der Waals surface area contributed by atoms with Crippen LogP contribution >= 0.6 is 0 Å². The second-order valence-corrected chi connectivity index (χ2v) is 5.47. The van der Waals surface area contributed by atoms with Crippen LogP contribution in [-0.2, 0) is 14.3 Å². The van der Waals surface area contributed by atoms with Gasteiger partial charge in [0.05, 0.1) is 11.7 Å². The standard InChI is InChI=1S/C12H22N2O4/c1-8-5-14(7-12(3,4)18-8)6-10(11(16)17)13-9(2)15/h8,10H,5-7H2,1-4H3,(H,13,15)(H,16,17). The predicted octanol–water partition coefficient (Wildman–Crippen LogP) is 0.0750. The summed E-state index contributed by atoms with van der Waals surface area (Å²) in [4.78, 5) is 24.1. The van der Waals surface area contributed by atoms with E-state index in [4.69, 9.17) is 9.84 Å². The number of carbonyl (C=O) groups is 2. The van der Waals surface area contributed by atoms with Gasteiger partial charge in [0, 0.05) is 26.6 Å². The van der Waals surface area contributed by atoms with Gasteiger partial charge in [-0.2, -0.15) is 0 Å². The first-order valence-electron chi connectivity index (χ1n) is 6.10. The fraction of sp³-hybridized carbons (Fsp3) is 0.833. The van der Waals surface area contributed by atoms with Gasteiger partial charge in [0.15, 0.2) is 0 Å². The van der Waals surface area contributed by atoms with Gasteiger partial charge in [-0.1, -0.05) is 0 Å². The van der Waals surface area contributed by atoms with Crippen molar-refractivity contribution in [3.8, 4) is 0 Å². The third-order valence-electron chi connectivity index (χ3n) is 2.76. The maximum Gasteiger partial charge on any atom is 0.327 e. The number of rotatable bonds is 4. The predicted molar refractivity (Wildman–Crippen MR) is 66.3 cm³/mol. The Bertz CT molecular complexity index is 330. The van der Waals surface area contributed by atoms with Crippen molar-refractivity contribution in [2.75, 3.05) is 19.6 Å². The first-order chi connectivity index (χ1) is 8.19. The molecule has 1 fully saturated rings. The van der Waals surface area contributed by atoms with E-state index in [0.29, 0.717) is 19.6 Å². The van der Waals surface area contributed by atoms with E-state index >= 15 is 0 Å². The average Bonchev–Trinajstić information content (AvgIpc) is 2.11. The largest absolute Gasteiger partial charge is 0.480 e. The van der Waals surface area contributed by atoms with Gasteiger partial charge in [0.2, 0.25) is 5.91 Å². The van der Waals surface area contributed by atoms with Crippen molar-refractivity contribution in [3.63, 3.8) is 0 Å². The summed E-state index contributed by atoms with van der Waals surface area (Å²) in [6.45, 7) is 8.86. The van der Waals surface area contributed by atoms with Crippen LogP contribution in [0.2, 0.25) is 0 Å². The molecule has 1 rings (SSSR count). The summed E-state index contributed by atoms with van der Waals surface area (Å²) in [6.07, 6.45) is 0.0560. The molecule has 0 spiro atoms. The third-order valence-corrected chi connectivity index (χ3v) is 2.76. The second-order valence-electron chi connectivity index (χ2n) is 5.47. The smallest absolute Gasteiger partial charge is 0.327 e. The normalized spacial score (nSPS) is 25.4. The molecule has 6 nitrogen and oxygen atoms in total. The Morgan fingerprint density at radius 3 is 2.61 bits per heavy atom. The molecule has 0 aliphatic carbocycles. The van der Waals surface area contributed by atoms with E-state index in [1.807, 2.05) is 25.7 Å². The number of aliphatic carboxylic acids is 1. The molecule has 0 aromatic carbocycles. The lowest BCUT2D eigenvalue weighted by Gasteiger charge is -2.42. The van der Waals surface area contributed by atoms with Gasteiger partial charge < -0.3 is 15.2 Å². The van der Waals surface area contributed by atoms with E-state index in [9.17, 15) is 9.59 Å². The van der Waals surface area contributed by atoms with Gasteiger partial charge in [0.1, 0.15) is 6.04 Å². The van der Waals surface area contributed by atoms with Crippen molar-refractivity contribution in [2.24, 2.45) is 0 Å². The van der Waals surface area contributed by atoms with E-state index in [2.05, 4.69) is 5.32 Å². The molecule has 1 heterocycles. The second kappa shape index (κ2) is 5.67. The molecule has 18 heavy (non-hydrogen) atoms. The zero-order valence-electron chi connectivity index (χ0n) is 11.4. The maximum atomic E-state index is 11.1. The molecule has 1 aliphatic heterocycles. The Labute approximate surface area is 107 Å². The van der Waals surface area contributed by atoms with Crippen LogP contribution in [-0.4, -0.2) is 59.3 Å². The van der Waals surface area contributed by atoms with E-state index in [1.54, 1.807) is 0 Å². The van der Waals surface area contributed by atoms with Crippen LogP contribution in [0.5, 0.6) is 0 Å². The van der Waals surface area contributed by atoms with E-state index in [0.717, 1.165) is 0 Å². The Morgan fingerprint density at radius 2 is 2.17 bits per heavy atom. The molecule has 2 unspecified atom stereocenters. The van der Waals surface area contributed by atoms with Crippen LogP contribution < -0.4 is 5.32 Å². The van der Waals surface area contributed by atoms with Crippen molar-refractivity contribution >= 4 is 11.9 Å².